The molecule has 1 aromatic carbocycles. The van der Waals surface area contributed by atoms with Gasteiger partial charge in [0.25, 0.3) is 5.91 Å². The standard InChI is InChI=1S/C20H23ClF3N5O/c1-11-9-17(25-2)29-19(26-11)28-14-6-4-13(5-7-14)27-18(30)12-3-8-16(21)15(10-12)20(22,23)24/h3,8-10,13-14H,4-7H2,1-2H3,(H,27,30)(H2,25,26,28,29). The summed E-state index contributed by atoms with van der Waals surface area (Å²) in [5.74, 6) is 0.745. The first-order valence-electron chi connectivity index (χ1n) is 9.63. The Morgan fingerprint density at radius 1 is 1.10 bits per heavy atom. The second-order valence-electron chi connectivity index (χ2n) is 7.33. The lowest BCUT2D eigenvalue weighted by Crippen LogP contribution is -2.40. The van der Waals surface area contributed by atoms with Gasteiger partial charge in [0.2, 0.25) is 5.95 Å². The molecule has 0 aliphatic heterocycles. The summed E-state index contributed by atoms with van der Waals surface area (Å²) in [6, 6.07) is 5.09. The molecule has 0 atom stereocenters. The number of alkyl halides is 3. The van der Waals surface area contributed by atoms with Crippen molar-refractivity contribution in [1.29, 1.82) is 0 Å². The molecule has 10 heteroatoms. The molecule has 6 nitrogen and oxygen atoms in total. The second kappa shape index (κ2) is 9.07. The first kappa shape index (κ1) is 22.1. The molecule has 162 valence electrons. The van der Waals surface area contributed by atoms with Gasteiger partial charge in [0.05, 0.1) is 10.6 Å². The summed E-state index contributed by atoms with van der Waals surface area (Å²) in [6.45, 7) is 1.89. The van der Waals surface area contributed by atoms with E-state index in [-0.39, 0.29) is 17.6 Å². The number of aromatic nitrogens is 2. The number of carbonyl (C=O) groups excluding carboxylic acids is 1. The predicted octanol–water partition coefficient (Wildman–Crippen LogP) is 4.65. The molecule has 0 saturated heterocycles. The van der Waals surface area contributed by atoms with E-state index in [2.05, 4.69) is 25.9 Å². The molecule has 1 saturated carbocycles. The van der Waals surface area contributed by atoms with Crippen LogP contribution in [0.3, 0.4) is 0 Å². The highest BCUT2D eigenvalue weighted by molar-refractivity contribution is 6.31. The smallest absolute Gasteiger partial charge is 0.373 e. The molecule has 3 N–H and O–H groups in total. The number of benzene rings is 1. The molecule has 30 heavy (non-hydrogen) atoms. The number of anilines is 2. The third kappa shape index (κ3) is 5.53. The van der Waals surface area contributed by atoms with Crippen LogP contribution < -0.4 is 16.0 Å². The Balaban J connectivity index is 1.56. The highest BCUT2D eigenvalue weighted by Gasteiger charge is 2.34. The normalized spacial score (nSPS) is 19.3. The summed E-state index contributed by atoms with van der Waals surface area (Å²) in [4.78, 5) is 21.2. The van der Waals surface area contributed by atoms with Gasteiger partial charge in [-0.3, -0.25) is 4.79 Å². The Kier molecular flexibility index (Phi) is 6.70. The molecule has 0 radical (unpaired) electrons. The fourth-order valence-corrected chi connectivity index (χ4v) is 3.70. The van der Waals surface area contributed by atoms with E-state index in [4.69, 9.17) is 11.6 Å². The first-order chi connectivity index (χ1) is 14.2. The van der Waals surface area contributed by atoms with Gasteiger partial charge in [-0.25, -0.2) is 4.98 Å². The topological polar surface area (TPSA) is 78.9 Å². The van der Waals surface area contributed by atoms with Crippen LogP contribution in [0.15, 0.2) is 24.3 Å². The van der Waals surface area contributed by atoms with Crippen molar-refractivity contribution in [2.24, 2.45) is 0 Å². The minimum atomic E-state index is -4.61. The van der Waals surface area contributed by atoms with E-state index in [0.29, 0.717) is 18.8 Å². The number of nitrogens with zero attached hydrogens (tertiary/aromatic N) is 2. The minimum Gasteiger partial charge on any atom is -0.373 e. The average Bonchev–Trinajstić information content (AvgIpc) is 2.68. The fourth-order valence-electron chi connectivity index (χ4n) is 3.48. The maximum absolute atomic E-state index is 13.0. The third-order valence-electron chi connectivity index (χ3n) is 5.04. The molecule has 1 aromatic heterocycles. The zero-order valence-corrected chi connectivity index (χ0v) is 17.4. The van der Waals surface area contributed by atoms with Crippen molar-refractivity contribution in [2.75, 3.05) is 17.7 Å². The summed E-state index contributed by atoms with van der Waals surface area (Å²) in [7, 11) is 1.79. The maximum atomic E-state index is 13.0. The zero-order chi connectivity index (χ0) is 21.9. The zero-order valence-electron chi connectivity index (χ0n) is 16.6. The van der Waals surface area contributed by atoms with Crippen molar-refractivity contribution >= 4 is 29.3 Å². The van der Waals surface area contributed by atoms with E-state index < -0.39 is 22.7 Å². The van der Waals surface area contributed by atoms with Crippen molar-refractivity contribution in [1.82, 2.24) is 15.3 Å². The molecule has 0 bridgehead atoms. The van der Waals surface area contributed by atoms with E-state index in [1.807, 2.05) is 13.0 Å². The van der Waals surface area contributed by atoms with Gasteiger partial charge in [-0.1, -0.05) is 11.6 Å². The van der Waals surface area contributed by atoms with Crippen LogP contribution in [0.1, 0.15) is 47.3 Å². The van der Waals surface area contributed by atoms with E-state index >= 15 is 0 Å². The van der Waals surface area contributed by atoms with Crippen molar-refractivity contribution in [3.8, 4) is 0 Å². The van der Waals surface area contributed by atoms with Crippen molar-refractivity contribution in [2.45, 2.75) is 50.9 Å². The lowest BCUT2D eigenvalue weighted by molar-refractivity contribution is -0.137. The summed E-state index contributed by atoms with van der Waals surface area (Å²) < 4.78 is 39.0. The van der Waals surface area contributed by atoms with Crippen LogP contribution in [0, 0.1) is 6.92 Å². The molecular weight excluding hydrogens is 419 g/mol. The van der Waals surface area contributed by atoms with Gasteiger partial charge in [-0.15, -0.1) is 0 Å². The minimum absolute atomic E-state index is 0.0558. The van der Waals surface area contributed by atoms with Crippen LogP contribution in [-0.4, -0.2) is 35.0 Å². The molecule has 1 heterocycles. The van der Waals surface area contributed by atoms with E-state index in [9.17, 15) is 18.0 Å². The number of hydrogen-bond donors (Lipinski definition) is 3. The van der Waals surface area contributed by atoms with Gasteiger partial charge in [-0.05, 0) is 50.8 Å². The van der Waals surface area contributed by atoms with Crippen LogP contribution in [-0.2, 0) is 6.18 Å². The molecule has 0 spiro atoms. The number of halogens is 4. The summed E-state index contributed by atoms with van der Waals surface area (Å²) in [6.07, 6.45) is -1.64. The molecule has 1 amide bonds. The number of hydrogen-bond acceptors (Lipinski definition) is 5. The lowest BCUT2D eigenvalue weighted by atomic mass is 9.91. The maximum Gasteiger partial charge on any atom is 0.417 e. The molecule has 1 aliphatic carbocycles. The van der Waals surface area contributed by atoms with Gasteiger partial charge in [-0.2, -0.15) is 18.2 Å². The molecular formula is C20H23ClF3N5O. The van der Waals surface area contributed by atoms with Gasteiger partial charge >= 0.3 is 6.18 Å². The van der Waals surface area contributed by atoms with Crippen LogP contribution in [0.2, 0.25) is 5.02 Å². The van der Waals surface area contributed by atoms with Crippen LogP contribution >= 0.6 is 11.6 Å². The molecule has 0 unspecified atom stereocenters. The number of rotatable bonds is 5. The molecule has 1 aliphatic rings. The number of carbonyl (C=O) groups is 1. The van der Waals surface area contributed by atoms with Crippen LogP contribution in [0.5, 0.6) is 0 Å². The summed E-state index contributed by atoms with van der Waals surface area (Å²) >= 11 is 5.62. The largest absolute Gasteiger partial charge is 0.417 e. The average molecular weight is 442 g/mol. The predicted molar refractivity (Wildman–Crippen MR) is 110 cm³/mol. The fraction of sp³-hybridized carbons (Fsp3) is 0.450. The summed E-state index contributed by atoms with van der Waals surface area (Å²) in [5, 5.41) is 8.71. The van der Waals surface area contributed by atoms with Gasteiger partial charge < -0.3 is 16.0 Å². The van der Waals surface area contributed by atoms with E-state index in [1.165, 1.54) is 6.07 Å². The van der Waals surface area contributed by atoms with Crippen LogP contribution in [0.4, 0.5) is 24.9 Å². The monoisotopic (exact) mass is 441 g/mol. The second-order valence-corrected chi connectivity index (χ2v) is 7.73. The van der Waals surface area contributed by atoms with Gasteiger partial charge in [0, 0.05) is 36.5 Å². The number of aryl methyl sites for hydroxylation is 1. The Labute approximate surface area is 177 Å². The van der Waals surface area contributed by atoms with Gasteiger partial charge in [0.1, 0.15) is 5.82 Å². The van der Waals surface area contributed by atoms with Crippen molar-refractivity contribution in [3.63, 3.8) is 0 Å². The molecule has 1 fully saturated rings. The van der Waals surface area contributed by atoms with Crippen molar-refractivity contribution in [3.05, 3.63) is 46.1 Å². The molecule has 3 rings (SSSR count). The van der Waals surface area contributed by atoms with Gasteiger partial charge in [0.15, 0.2) is 0 Å². The Bertz CT molecular complexity index is 914. The SMILES string of the molecule is CNc1cc(C)nc(NC2CCC(NC(=O)c3ccc(Cl)c(C(F)(F)F)c3)CC2)n1. The van der Waals surface area contributed by atoms with Crippen LogP contribution in [0.25, 0.3) is 0 Å². The molecule has 2 aromatic rings. The third-order valence-corrected chi connectivity index (χ3v) is 5.37. The lowest BCUT2D eigenvalue weighted by Gasteiger charge is -2.29. The number of amides is 1. The van der Waals surface area contributed by atoms with E-state index in [1.54, 1.807) is 7.05 Å². The first-order valence-corrected chi connectivity index (χ1v) is 10.0. The Morgan fingerprint density at radius 2 is 1.77 bits per heavy atom. The Hall–Kier alpha value is -2.55. The summed E-state index contributed by atoms with van der Waals surface area (Å²) in [5.41, 5.74) is -0.220. The number of nitrogens with one attached hydrogen (secondary N) is 3. The highest BCUT2D eigenvalue weighted by atomic mass is 35.5. The quantitative estimate of drug-likeness (QED) is 0.629. The Morgan fingerprint density at radius 3 is 2.40 bits per heavy atom. The van der Waals surface area contributed by atoms with Crippen molar-refractivity contribution < 1.29 is 18.0 Å². The van der Waals surface area contributed by atoms with E-state index in [0.717, 1.165) is 36.5 Å². The highest BCUT2D eigenvalue weighted by Crippen LogP contribution is 2.35.